The molecule has 0 bridgehead atoms. The zero-order valence-corrected chi connectivity index (χ0v) is 13.2. The molecule has 0 saturated carbocycles. The summed E-state index contributed by atoms with van der Waals surface area (Å²) in [4.78, 5) is 19.9. The lowest BCUT2D eigenvalue weighted by Crippen LogP contribution is -2.28. The van der Waals surface area contributed by atoms with Crippen molar-refractivity contribution < 1.29 is 22.7 Å². The first-order valence-electron chi connectivity index (χ1n) is 7.09. The van der Waals surface area contributed by atoms with Crippen molar-refractivity contribution in [1.82, 2.24) is 19.7 Å². The van der Waals surface area contributed by atoms with Crippen LogP contribution < -0.4 is 4.74 Å². The molecule has 2 heterocycles. The molecule has 2 aromatic heterocycles. The number of hydrogen-bond acceptors (Lipinski definition) is 5. The summed E-state index contributed by atoms with van der Waals surface area (Å²) in [6.07, 6.45) is -4.36. The smallest absolute Gasteiger partial charge is 0.410 e. The average molecular weight is 330 g/mol. The Bertz CT molecular complexity index is 740. The van der Waals surface area contributed by atoms with E-state index in [1.54, 1.807) is 6.92 Å². The Morgan fingerprint density at radius 1 is 1.35 bits per heavy atom. The molecule has 23 heavy (non-hydrogen) atoms. The van der Waals surface area contributed by atoms with Gasteiger partial charge in [0.1, 0.15) is 22.9 Å². The van der Waals surface area contributed by atoms with Gasteiger partial charge in [-0.1, -0.05) is 13.3 Å². The van der Waals surface area contributed by atoms with Crippen LogP contribution in [0.1, 0.15) is 49.0 Å². The third kappa shape index (κ3) is 3.13. The summed E-state index contributed by atoms with van der Waals surface area (Å²) in [6, 6.07) is -1.86. The van der Waals surface area contributed by atoms with E-state index < -0.39 is 18.0 Å². The van der Waals surface area contributed by atoms with Crippen LogP contribution in [0.3, 0.4) is 0 Å². The second-order valence-corrected chi connectivity index (χ2v) is 5.17. The quantitative estimate of drug-likeness (QED) is 0.787. The van der Waals surface area contributed by atoms with Gasteiger partial charge >= 0.3 is 6.18 Å². The highest BCUT2D eigenvalue weighted by molar-refractivity contribution is 6.05. The molecule has 0 amide bonds. The van der Waals surface area contributed by atoms with Gasteiger partial charge < -0.3 is 4.74 Å². The Morgan fingerprint density at radius 3 is 2.48 bits per heavy atom. The number of nitrogens with zero attached hydrogens (tertiary/aromatic N) is 4. The van der Waals surface area contributed by atoms with Gasteiger partial charge in [-0.25, -0.2) is 9.67 Å². The molecule has 2 rings (SSSR count). The number of aryl methyl sites for hydroxylation is 1. The number of rotatable bonds is 5. The Labute approximate surface area is 130 Å². The van der Waals surface area contributed by atoms with E-state index in [9.17, 15) is 18.0 Å². The lowest BCUT2D eigenvalue weighted by molar-refractivity contribution is -0.171. The fourth-order valence-electron chi connectivity index (χ4n) is 2.42. The van der Waals surface area contributed by atoms with Gasteiger partial charge in [-0.15, -0.1) is 0 Å². The van der Waals surface area contributed by atoms with E-state index >= 15 is 0 Å². The van der Waals surface area contributed by atoms with Crippen LogP contribution in [-0.2, 0) is 0 Å². The van der Waals surface area contributed by atoms with Gasteiger partial charge in [0, 0.05) is 6.92 Å². The largest absolute Gasteiger partial charge is 0.480 e. The van der Waals surface area contributed by atoms with E-state index in [1.807, 2.05) is 0 Å². The van der Waals surface area contributed by atoms with Crippen LogP contribution in [0.4, 0.5) is 13.2 Å². The average Bonchev–Trinajstić information content (AvgIpc) is 2.81. The van der Waals surface area contributed by atoms with Crippen molar-refractivity contribution in [2.45, 2.75) is 45.8 Å². The third-order valence-electron chi connectivity index (χ3n) is 3.39. The van der Waals surface area contributed by atoms with Gasteiger partial charge in [0.25, 0.3) is 0 Å². The molecule has 0 saturated heterocycles. The number of halogens is 3. The van der Waals surface area contributed by atoms with E-state index in [1.165, 1.54) is 21.0 Å². The predicted molar refractivity (Wildman–Crippen MR) is 76.6 cm³/mol. The second-order valence-electron chi connectivity index (χ2n) is 5.17. The van der Waals surface area contributed by atoms with Gasteiger partial charge in [0.05, 0.1) is 7.11 Å². The van der Waals surface area contributed by atoms with Gasteiger partial charge in [0.2, 0.25) is 5.88 Å². The van der Waals surface area contributed by atoms with Crippen LogP contribution in [0.2, 0.25) is 0 Å². The molecule has 2 aromatic rings. The zero-order valence-electron chi connectivity index (χ0n) is 13.2. The van der Waals surface area contributed by atoms with E-state index in [-0.39, 0.29) is 34.9 Å². The molecule has 126 valence electrons. The molecule has 1 atom stereocenters. The number of alkyl halides is 3. The minimum Gasteiger partial charge on any atom is -0.480 e. The number of ether oxygens (including phenoxy) is 1. The lowest BCUT2D eigenvalue weighted by atomic mass is 10.1. The normalized spacial score (nSPS) is 13.3. The minimum atomic E-state index is -4.50. The SMILES string of the molecule is CCCC(n1nc(C(C)=O)c2c(OC)nc(C)nc21)C(F)(F)F. The van der Waals surface area contributed by atoms with Crippen molar-refractivity contribution in [1.29, 1.82) is 0 Å². The van der Waals surface area contributed by atoms with Crippen LogP contribution in [0, 0.1) is 6.92 Å². The number of methoxy groups -OCH3 is 1. The monoisotopic (exact) mass is 330 g/mol. The van der Waals surface area contributed by atoms with Crippen molar-refractivity contribution in [3.05, 3.63) is 11.5 Å². The maximum absolute atomic E-state index is 13.4. The summed E-state index contributed by atoms with van der Waals surface area (Å²) in [5, 5.41) is 4.00. The summed E-state index contributed by atoms with van der Waals surface area (Å²) >= 11 is 0. The predicted octanol–water partition coefficient (Wildman–Crippen LogP) is 3.25. The van der Waals surface area contributed by atoms with Crippen molar-refractivity contribution in [2.75, 3.05) is 7.11 Å². The number of Topliss-reactive ketones (excluding diaryl/α,β-unsaturated/α-hetero) is 1. The Morgan fingerprint density at radius 2 is 2.00 bits per heavy atom. The highest BCUT2D eigenvalue weighted by Gasteiger charge is 2.42. The molecule has 9 heteroatoms. The maximum Gasteiger partial charge on any atom is 0.410 e. The van der Waals surface area contributed by atoms with Crippen LogP contribution in [-0.4, -0.2) is 38.8 Å². The van der Waals surface area contributed by atoms with Crippen LogP contribution in [0.25, 0.3) is 11.0 Å². The molecular weight excluding hydrogens is 313 g/mol. The topological polar surface area (TPSA) is 69.9 Å². The number of ketones is 1. The Hall–Kier alpha value is -2.19. The molecule has 6 nitrogen and oxygen atoms in total. The maximum atomic E-state index is 13.4. The van der Waals surface area contributed by atoms with E-state index in [2.05, 4.69) is 15.1 Å². The van der Waals surface area contributed by atoms with Crippen LogP contribution in [0.15, 0.2) is 0 Å². The number of aromatic nitrogens is 4. The molecular formula is C14H17F3N4O2. The third-order valence-corrected chi connectivity index (χ3v) is 3.39. The van der Waals surface area contributed by atoms with E-state index in [0.29, 0.717) is 6.42 Å². The minimum absolute atomic E-state index is 0.0429. The second kappa shape index (κ2) is 6.13. The summed E-state index contributed by atoms with van der Waals surface area (Å²) in [5.41, 5.74) is -0.169. The molecule has 0 aliphatic carbocycles. The first-order chi connectivity index (χ1) is 10.7. The van der Waals surface area contributed by atoms with E-state index in [0.717, 1.165) is 4.68 Å². The number of carbonyl (C=O) groups is 1. The first kappa shape index (κ1) is 17.2. The molecule has 0 aromatic carbocycles. The van der Waals surface area contributed by atoms with Gasteiger partial charge in [-0.3, -0.25) is 4.79 Å². The summed E-state index contributed by atoms with van der Waals surface area (Å²) in [5.74, 6) is -0.193. The molecule has 0 spiro atoms. The fraction of sp³-hybridized carbons (Fsp3) is 0.571. The highest BCUT2D eigenvalue weighted by atomic mass is 19.4. The van der Waals surface area contributed by atoms with Gasteiger partial charge in [-0.05, 0) is 13.3 Å². The van der Waals surface area contributed by atoms with Crippen molar-refractivity contribution in [2.24, 2.45) is 0 Å². The zero-order chi connectivity index (χ0) is 17.4. The van der Waals surface area contributed by atoms with Crippen molar-refractivity contribution in [3.63, 3.8) is 0 Å². The lowest BCUT2D eigenvalue weighted by Gasteiger charge is -2.20. The van der Waals surface area contributed by atoms with Crippen LogP contribution in [0.5, 0.6) is 5.88 Å². The summed E-state index contributed by atoms with van der Waals surface area (Å²) in [7, 11) is 1.33. The summed E-state index contributed by atoms with van der Waals surface area (Å²) < 4.78 is 46.1. The molecule has 0 radical (unpaired) electrons. The van der Waals surface area contributed by atoms with Gasteiger partial charge in [-0.2, -0.15) is 23.3 Å². The number of fused-ring (bicyclic) bond motifs is 1. The van der Waals surface area contributed by atoms with Crippen molar-refractivity contribution >= 4 is 16.8 Å². The fourth-order valence-corrected chi connectivity index (χ4v) is 2.42. The number of carbonyl (C=O) groups excluding carboxylic acids is 1. The number of hydrogen-bond donors (Lipinski definition) is 0. The first-order valence-corrected chi connectivity index (χ1v) is 7.09. The Balaban J connectivity index is 2.83. The summed E-state index contributed by atoms with van der Waals surface area (Å²) in [6.45, 7) is 4.42. The molecule has 0 fully saturated rings. The van der Waals surface area contributed by atoms with Crippen molar-refractivity contribution in [3.8, 4) is 5.88 Å². The Kier molecular flexibility index (Phi) is 4.58. The van der Waals surface area contributed by atoms with Crippen LogP contribution >= 0.6 is 0 Å². The molecule has 0 N–H and O–H groups in total. The van der Waals surface area contributed by atoms with Gasteiger partial charge in [0.15, 0.2) is 11.4 Å². The standard InChI is InChI=1S/C14H17F3N4O2/c1-5-6-9(14(15,16)17)21-12-10(11(20-21)7(2)22)13(23-4)19-8(3)18-12/h9H,5-6H2,1-4H3. The molecule has 0 aliphatic rings. The molecule has 1 unspecified atom stereocenters. The van der Waals surface area contributed by atoms with E-state index in [4.69, 9.17) is 4.74 Å². The molecule has 0 aliphatic heterocycles. The highest BCUT2D eigenvalue weighted by Crippen LogP contribution is 2.37.